The van der Waals surface area contributed by atoms with Crippen molar-refractivity contribution in [2.24, 2.45) is 10.7 Å². The lowest BCUT2D eigenvalue weighted by Gasteiger charge is -2.31. The van der Waals surface area contributed by atoms with Crippen LogP contribution >= 0.6 is 11.8 Å². The number of rotatable bonds is 7. The zero-order valence-electron chi connectivity index (χ0n) is 15.7. The molecule has 6 nitrogen and oxygen atoms in total. The van der Waals surface area contributed by atoms with Crippen molar-refractivity contribution in [3.63, 3.8) is 0 Å². The normalized spacial score (nSPS) is 18.3. The van der Waals surface area contributed by atoms with E-state index in [1.54, 1.807) is 24.1 Å². The summed E-state index contributed by atoms with van der Waals surface area (Å²) in [5.41, 5.74) is 7.36. The average molecular weight is 398 g/mol. The Kier molecular flexibility index (Phi) is 6.71. The number of amides is 2. The van der Waals surface area contributed by atoms with E-state index in [-0.39, 0.29) is 12.3 Å². The van der Waals surface area contributed by atoms with Gasteiger partial charge in [0.1, 0.15) is 5.75 Å². The highest BCUT2D eigenvalue weighted by molar-refractivity contribution is 8.15. The van der Waals surface area contributed by atoms with Gasteiger partial charge < -0.3 is 10.5 Å². The Morgan fingerprint density at radius 1 is 1.21 bits per heavy atom. The molecular weight excluding hydrogens is 374 g/mol. The van der Waals surface area contributed by atoms with Gasteiger partial charge in [-0.3, -0.25) is 14.5 Å². The second kappa shape index (κ2) is 9.41. The van der Waals surface area contributed by atoms with Crippen molar-refractivity contribution in [2.75, 3.05) is 13.7 Å². The fourth-order valence-electron chi connectivity index (χ4n) is 2.93. The molecule has 7 heteroatoms. The van der Waals surface area contributed by atoms with E-state index in [9.17, 15) is 9.59 Å². The first-order chi connectivity index (χ1) is 13.6. The minimum atomic E-state index is -0.588. The summed E-state index contributed by atoms with van der Waals surface area (Å²) in [7, 11) is 1.60. The van der Waals surface area contributed by atoms with Crippen molar-refractivity contribution in [1.82, 2.24) is 4.90 Å². The monoisotopic (exact) mass is 397 g/mol. The molecule has 3 rings (SSSR count). The number of aliphatic imine (C=N–C) groups is 1. The van der Waals surface area contributed by atoms with Crippen molar-refractivity contribution >= 4 is 34.4 Å². The third kappa shape index (κ3) is 5.13. The molecule has 146 valence electrons. The fourth-order valence-corrected chi connectivity index (χ4v) is 4.00. The van der Waals surface area contributed by atoms with Crippen LogP contribution in [0.2, 0.25) is 0 Å². The third-order valence-electron chi connectivity index (χ3n) is 4.44. The van der Waals surface area contributed by atoms with Crippen LogP contribution in [-0.2, 0) is 16.0 Å². The van der Waals surface area contributed by atoms with Crippen LogP contribution in [0, 0.1) is 0 Å². The molecule has 0 aromatic heterocycles. The van der Waals surface area contributed by atoms with Crippen LogP contribution in [-0.4, -0.2) is 40.8 Å². The number of primary amides is 1. The predicted molar refractivity (Wildman–Crippen MR) is 112 cm³/mol. The van der Waals surface area contributed by atoms with Crippen LogP contribution in [0.1, 0.15) is 18.4 Å². The number of nitrogens with zero attached hydrogens (tertiary/aromatic N) is 2. The van der Waals surface area contributed by atoms with E-state index in [2.05, 4.69) is 17.1 Å². The summed E-state index contributed by atoms with van der Waals surface area (Å²) in [5.74, 6) is 0.110. The molecule has 0 radical (unpaired) electrons. The second-order valence-corrected chi connectivity index (χ2v) is 7.61. The fraction of sp³-hybridized carbons (Fsp3) is 0.286. The van der Waals surface area contributed by atoms with Crippen molar-refractivity contribution in [3.8, 4) is 5.75 Å². The highest BCUT2D eigenvalue weighted by Gasteiger charge is 2.34. The minimum Gasteiger partial charge on any atom is -0.497 e. The summed E-state index contributed by atoms with van der Waals surface area (Å²) in [5, 5.41) is -0.0758. The molecule has 1 fully saturated rings. The van der Waals surface area contributed by atoms with E-state index in [0.717, 1.165) is 18.6 Å². The topological polar surface area (TPSA) is 85.0 Å². The Bertz CT molecular complexity index is 853. The van der Waals surface area contributed by atoms with Gasteiger partial charge in [-0.15, -0.1) is 0 Å². The molecule has 1 atom stereocenters. The van der Waals surface area contributed by atoms with Crippen LogP contribution in [0.25, 0.3) is 0 Å². The Hall–Kier alpha value is -2.80. The van der Waals surface area contributed by atoms with E-state index in [1.165, 1.54) is 17.3 Å². The quantitative estimate of drug-likeness (QED) is 0.778. The number of carbonyl (C=O) groups excluding carboxylic acids is 2. The molecule has 0 unspecified atom stereocenters. The zero-order chi connectivity index (χ0) is 19.9. The van der Waals surface area contributed by atoms with E-state index in [0.29, 0.717) is 17.4 Å². The highest BCUT2D eigenvalue weighted by Crippen LogP contribution is 2.29. The largest absolute Gasteiger partial charge is 0.497 e. The number of hydrogen-bond acceptors (Lipinski definition) is 5. The number of aryl methyl sites for hydroxylation is 1. The van der Waals surface area contributed by atoms with Crippen LogP contribution < -0.4 is 10.5 Å². The lowest BCUT2D eigenvalue weighted by molar-refractivity contribution is -0.129. The molecule has 2 N–H and O–H groups in total. The number of carbonyl (C=O) groups is 2. The van der Waals surface area contributed by atoms with Crippen molar-refractivity contribution in [3.05, 3.63) is 60.2 Å². The Morgan fingerprint density at radius 3 is 2.57 bits per heavy atom. The summed E-state index contributed by atoms with van der Waals surface area (Å²) < 4.78 is 5.16. The van der Waals surface area contributed by atoms with Crippen molar-refractivity contribution in [2.45, 2.75) is 24.5 Å². The van der Waals surface area contributed by atoms with Crippen molar-refractivity contribution in [1.29, 1.82) is 0 Å². The van der Waals surface area contributed by atoms with E-state index >= 15 is 0 Å². The predicted octanol–water partition coefficient (Wildman–Crippen LogP) is 3.13. The van der Waals surface area contributed by atoms with E-state index in [4.69, 9.17) is 10.5 Å². The molecule has 2 amide bonds. The number of nitrogens with two attached hydrogens (primary N) is 1. The molecular formula is C21H23N3O3S. The smallest absolute Gasteiger partial charge is 0.231 e. The molecule has 0 saturated carbocycles. The average Bonchev–Trinajstić information content (AvgIpc) is 2.71. The van der Waals surface area contributed by atoms with Gasteiger partial charge in [-0.25, -0.2) is 4.99 Å². The van der Waals surface area contributed by atoms with Gasteiger partial charge in [0.2, 0.25) is 11.8 Å². The van der Waals surface area contributed by atoms with E-state index < -0.39 is 11.2 Å². The summed E-state index contributed by atoms with van der Waals surface area (Å²) >= 11 is 1.25. The van der Waals surface area contributed by atoms with Crippen LogP contribution in [0.15, 0.2) is 59.6 Å². The molecule has 1 aliphatic heterocycles. The summed E-state index contributed by atoms with van der Waals surface area (Å²) in [6.45, 7) is 0.543. The molecule has 2 aromatic carbocycles. The maximum absolute atomic E-state index is 12.7. The van der Waals surface area contributed by atoms with Gasteiger partial charge in [0.25, 0.3) is 0 Å². The maximum atomic E-state index is 12.7. The zero-order valence-corrected chi connectivity index (χ0v) is 16.5. The molecule has 1 aliphatic rings. The van der Waals surface area contributed by atoms with Crippen LogP contribution in [0.3, 0.4) is 0 Å². The maximum Gasteiger partial charge on any atom is 0.231 e. The minimum absolute atomic E-state index is 0.104. The van der Waals surface area contributed by atoms with Crippen LogP contribution in [0.5, 0.6) is 5.75 Å². The Labute approximate surface area is 168 Å². The number of benzene rings is 2. The van der Waals surface area contributed by atoms with Crippen LogP contribution in [0.4, 0.5) is 5.69 Å². The Morgan fingerprint density at radius 2 is 1.93 bits per heavy atom. The lowest BCUT2D eigenvalue weighted by Crippen LogP contribution is -2.46. The number of amidine groups is 1. The van der Waals surface area contributed by atoms with Gasteiger partial charge >= 0.3 is 0 Å². The molecule has 1 heterocycles. The first-order valence-electron chi connectivity index (χ1n) is 9.10. The molecule has 28 heavy (non-hydrogen) atoms. The molecule has 0 aliphatic carbocycles. The SMILES string of the molecule is COc1ccc(N=C2S[C@@H](C(N)=O)CC(=O)N2CCCc2ccccc2)cc1. The number of ether oxygens (including phenoxy) is 1. The second-order valence-electron chi connectivity index (χ2n) is 6.44. The molecule has 0 bridgehead atoms. The molecule has 0 spiro atoms. The summed E-state index contributed by atoms with van der Waals surface area (Å²) in [4.78, 5) is 30.6. The lowest BCUT2D eigenvalue weighted by atomic mass is 10.1. The van der Waals surface area contributed by atoms with Gasteiger partial charge in [-0.1, -0.05) is 42.1 Å². The Balaban J connectivity index is 1.76. The van der Waals surface area contributed by atoms with Gasteiger partial charge in [0, 0.05) is 13.0 Å². The number of hydrogen-bond donors (Lipinski definition) is 1. The first kappa shape index (κ1) is 19.9. The van der Waals surface area contributed by atoms with Gasteiger partial charge in [0.05, 0.1) is 18.0 Å². The highest BCUT2D eigenvalue weighted by atomic mass is 32.2. The van der Waals surface area contributed by atoms with Gasteiger partial charge in [-0.05, 0) is 42.7 Å². The first-order valence-corrected chi connectivity index (χ1v) is 9.98. The van der Waals surface area contributed by atoms with Gasteiger partial charge in [-0.2, -0.15) is 0 Å². The molecule has 1 saturated heterocycles. The number of thioether (sulfide) groups is 1. The van der Waals surface area contributed by atoms with Crippen molar-refractivity contribution < 1.29 is 14.3 Å². The molecule has 2 aromatic rings. The van der Waals surface area contributed by atoms with Gasteiger partial charge in [0.15, 0.2) is 5.17 Å². The number of methoxy groups -OCH3 is 1. The van der Waals surface area contributed by atoms with E-state index in [1.807, 2.05) is 30.3 Å². The summed E-state index contributed by atoms with van der Waals surface area (Å²) in [6, 6.07) is 17.4. The standard InChI is InChI=1S/C21H23N3O3S/c1-27-17-11-9-16(10-12-17)23-21-24(19(25)14-18(28-21)20(22)26)13-5-8-15-6-3-2-4-7-15/h2-4,6-7,9-12,18H,5,8,13-14H2,1H3,(H2,22,26)/t18-/m1/s1. The summed E-state index contributed by atoms with van der Waals surface area (Å²) in [6.07, 6.45) is 1.77. The third-order valence-corrected chi connectivity index (χ3v) is 5.65.